The molecule has 0 atom stereocenters. The number of hydrogen-bond acceptors (Lipinski definition) is 3. The molecule has 7 nitrogen and oxygen atoms in total. The lowest BCUT2D eigenvalue weighted by atomic mass is 10.0. The Morgan fingerprint density at radius 3 is 2.26 bits per heavy atom. The zero-order valence-corrected chi connectivity index (χ0v) is 20.6. The van der Waals surface area contributed by atoms with E-state index in [0.29, 0.717) is 29.2 Å². The molecule has 1 N–H and O–H groups in total. The van der Waals surface area contributed by atoms with Crippen LogP contribution in [-0.4, -0.2) is 33.0 Å². The fraction of sp³-hybridized carbons (Fsp3) is 0.308. The second-order valence-corrected chi connectivity index (χ2v) is 8.97. The van der Waals surface area contributed by atoms with Crippen molar-refractivity contribution < 1.29 is 14.2 Å². The van der Waals surface area contributed by atoms with Crippen LogP contribution in [0.1, 0.15) is 49.1 Å². The lowest BCUT2D eigenvalue weighted by molar-refractivity contribution is -0.577. The molecular weight excluding hydrogens is 452 g/mol. The summed E-state index contributed by atoms with van der Waals surface area (Å²) in [5, 5.41) is 3.73. The van der Waals surface area contributed by atoms with Crippen LogP contribution in [-0.2, 0) is 16.0 Å². The second-order valence-electron chi connectivity index (χ2n) is 8.54. The van der Waals surface area contributed by atoms with Gasteiger partial charge in [0, 0.05) is 28.9 Å². The quantitative estimate of drug-likeness (QED) is 0.413. The normalized spacial score (nSPS) is 14.0. The van der Waals surface area contributed by atoms with E-state index in [0.717, 1.165) is 17.5 Å². The van der Waals surface area contributed by atoms with Gasteiger partial charge in [-0.3, -0.25) is 24.4 Å². The highest BCUT2D eigenvalue weighted by molar-refractivity contribution is 6.44. The molecule has 2 aromatic heterocycles. The summed E-state index contributed by atoms with van der Waals surface area (Å²) in [6.45, 7) is 8.13. The van der Waals surface area contributed by atoms with Gasteiger partial charge in [-0.15, -0.1) is 0 Å². The van der Waals surface area contributed by atoms with E-state index >= 15 is 0 Å². The summed E-state index contributed by atoms with van der Waals surface area (Å²) < 4.78 is 3.08. The third kappa shape index (κ3) is 4.01. The number of nitrogens with zero attached hydrogens (tertiary/aromatic N) is 3. The van der Waals surface area contributed by atoms with E-state index in [-0.39, 0.29) is 28.9 Å². The van der Waals surface area contributed by atoms with Crippen LogP contribution in [0, 0.1) is 13.8 Å². The first-order valence-electron chi connectivity index (χ1n) is 11.5. The topological polar surface area (TPSA) is 79.1 Å². The molecule has 1 aliphatic heterocycles. The molecule has 1 aliphatic rings. The molecule has 3 heterocycles. The molecule has 1 aromatic carbocycles. The fourth-order valence-electron chi connectivity index (χ4n) is 4.21. The van der Waals surface area contributed by atoms with Crippen molar-refractivity contribution in [3.63, 3.8) is 0 Å². The summed E-state index contributed by atoms with van der Waals surface area (Å²) in [6.07, 6.45) is 5.53. The van der Waals surface area contributed by atoms with Crippen LogP contribution in [0.4, 0.5) is 0 Å². The Hall–Kier alpha value is -3.45. The van der Waals surface area contributed by atoms with Crippen molar-refractivity contribution in [1.29, 1.82) is 0 Å². The molecule has 176 valence electrons. The van der Waals surface area contributed by atoms with Crippen molar-refractivity contribution in [2.24, 2.45) is 0 Å². The number of amides is 2. The number of benzene rings is 1. The smallest absolute Gasteiger partial charge is 0.294 e. The van der Waals surface area contributed by atoms with Gasteiger partial charge in [-0.25, -0.2) is 4.68 Å². The van der Waals surface area contributed by atoms with Gasteiger partial charge >= 0.3 is 5.91 Å². The minimum atomic E-state index is -0.440. The number of aryl methyl sites for hydroxylation is 3. The van der Waals surface area contributed by atoms with E-state index in [9.17, 15) is 14.4 Å². The maximum Gasteiger partial charge on any atom is 0.326 e. The van der Waals surface area contributed by atoms with Gasteiger partial charge in [0.1, 0.15) is 5.57 Å². The lowest BCUT2D eigenvalue weighted by Gasteiger charge is -2.11. The zero-order valence-electron chi connectivity index (χ0n) is 19.8. The summed E-state index contributed by atoms with van der Waals surface area (Å²) in [5.74, 6) is -0.833. The number of hydrogen-bond donors (Lipinski definition) is 1. The number of H-pyrrole nitrogens is 1. The molecule has 8 heteroatoms. The highest BCUT2D eigenvalue weighted by atomic mass is 35.5. The van der Waals surface area contributed by atoms with Crippen LogP contribution in [0.2, 0.25) is 5.02 Å². The van der Waals surface area contributed by atoms with Crippen LogP contribution in [0.3, 0.4) is 0 Å². The number of pyridine rings is 1. The third-order valence-corrected chi connectivity index (χ3v) is 6.34. The van der Waals surface area contributed by atoms with E-state index in [1.54, 1.807) is 35.0 Å². The molecule has 2 amide bonds. The molecule has 0 saturated heterocycles. The number of nitrogens with one attached hydrogen (secondary N) is 1. The average molecular weight is 480 g/mol. The SMILES string of the molecule is CCCc1[nH]n(-c2ccc(Cl)cc2)c(=O)c1C1=C([n+]2ccc(C)c(C)c2)C(=O)N(CCC)C1=O. The Balaban J connectivity index is 2.01. The fourth-order valence-corrected chi connectivity index (χ4v) is 4.34. The van der Waals surface area contributed by atoms with Crippen LogP contribution in [0.25, 0.3) is 17.0 Å². The first kappa shape index (κ1) is 23.7. The van der Waals surface area contributed by atoms with Crippen molar-refractivity contribution in [3.05, 3.63) is 80.5 Å². The molecular formula is C26H28ClN4O3+. The van der Waals surface area contributed by atoms with Crippen molar-refractivity contribution in [2.75, 3.05) is 6.54 Å². The molecule has 0 radical (unpaired) electrons. The van der Waals surface area contributed by atoms with Crippen molar-refractivity contribution in [2.45, 2.75) is 47.0 Å². The summed E-state index contributed by atoms with van der Waals surface area (Å²) >= 11 is 6.02. The molecule has 0 bridgehead atoms. The summed E-state index contributed by atoms with van der Waals surface area (Å²) in [6, 6.07) is 8.77. The predicted molar refractivity (Wildman–Crippen MR) is 132 cm³/mol. The van der Waals surface area contributed by atoms with Gasteiger partial charge in [-0.05, 0) is 56.5 Å². The van der Waals surface area contributed by atoms with Crippen LogP contribution < -0.4 is 10.1 Å². The van der Waals surface area contributed by atoms with E-state index in [1.165, 1.54) is 9.58 Å². The van der Waals surface area contributed by atoms with E-state index in [4.69, 9.17) is 11.6 Å². The number of rotatable bonds is 7. The van der Waals surface area contributed by atoms with Crippen molar-refractivity contribution in [3.8, 4) is 5.69 Å². The average Bonchev–Trinajstić information content (AvgIpc) is 3.25. The molecule has 0 spiro atoms. The first-order chi connectivity index (χ1) is 16.3. The monoisotopic (exact) mass is 479 g/mol. The molecule has 0 saturated carbocycles. The number of imide groups is 1. The van der Waals surface area contributed by atoms with Gasteiger partial charge in [0.2, 0.25) is 0 Å². The van der Waals surface area contributed by atoms with Gasteiger partial charge in [-0.1, -0.05) is 31.9 Å². The Morgan fingerprint density at radius 1 is 0.941 bits per heavy atom. The van der Waals surface area contributed by atoms with Gasteiger partial charge in [0.05, 0.1) is 11.3 Å². The minimum absolute atomic E-state index is 0.143. The maximum atomic E-state index is 13.7. The molecule has 4 rings (SSSR count). The number of halogens is 1. The number of aromatic nitrogens is 3. The van der Waals surface area contributed by atoms with Gasteiger partial charge < -0.3 is 0 Å². The number of carbonyl (C=O) groups is 2. The number of carbonyl (C=O) groups excluding carboxylic acids is 2. The highest BCUT2D eigenvalue weighted by Gasteiger charge is 2.47. The molecule has 0 fully saturated rings. The maximum absolute atomic E-state index is 13.7. The summed E-state index contributed by atoms with van der Waals surface area (Å²) in [5.41, 5.74) is 3.49. The van der Waals surface area contributed by atoms with Crippen LogP contribution in [0.5, 0.6) is 0 Å². The van der Waals surface area contributed by atoms with E-state index < -0.39 is 11.8 Å². The third-order valence-electron chi connectivity index (χ3n) is 6.09. The van der Waals surface area contributed by atoms with Crippen LogP contribution >= 0.6 is 11.6 Å². The molecule has 0 unspecified atom stereocenters. The van der Waals surface area contributed by atoms with E-state index in [2.05, 4.69) is 5.10 Å². The Morgan fingerprint density at radius 2 is 1.65 bits per heavy atom. The van der Waals surface area contributed by atoms with Crippen LogP contribution in [0.15, 0.2) is 47.5 Å². The second kappa shape index (κ2) is 9.43. The van der Waals surface area contributed by atoms with E-state index in [1.807, 2.05) is 40.0 Å². The van der Waals surface area contributed by atoms with Crippen molar-refractivity contribution in [1.82, 2.24) is 14.7 Å². The Labute approximate surface area is 203 Å². The first-order valence-corrected chi connectivity index (χ1v) is 11.9. The number of aromatic amines is 1. The lowest BCUT2D eigenvalue weighted by Crippen LogP contribution is -2.40. The molecule has 34 heavy (non-hydrogen) atoms. The Kier molecular flexibility index (Phi) is 6.57. The summed E-state index contributed by atoms with van der Waals surface area (Å²) in [4.78, 5) is 42.0. The Bertz CT molecular complexity index is 1370. The standard InChI is InChI=1S/C26H27ClN4O3/c1-5-7-20-21(25(33)31(28-20)19-10-8-18(27)9-11-19)22-23(26(34)30(13-6-2)24(22)32)29-14-12-16(3)17(4)15-29/h8-12,14-15H,5-7,13H2,1-4H3/p+1. The highest BCUT2D eigenvalue weighted by Crippen LogP contribution is 2.31. The van der Waals surface area contributed by atoms with Crippen molar-refractivity contribution >= 4 is 34.7 Å². The van der Waals surface area contributed by atoms with Gasteiger partial charge in [-0.2, -0.15) is 4.57 Å². The molecule has 3 aromatic rings. The minimum Gasteiger partial charge on any atom is -0.294 e. The van der Waals surface area contributed by atoms with Gasteiger partial charge in [0.15, 0.2) is 12.4 Å². The zero-order chi connectivity index (χ0) is 24.6. The van der Waals surface area contributed by atoms with Gasteiger partial charge in [0.25, 0.3) is 17.2 Å². The predicted octanol–water partition coefficient (Wildman–Crippen LogP) is 3.82. The summed E-state index contributed by atoms with van der Waals surface area (Å²) in [7, 11) is 0. The molecule has 0 aliphatic carbocycles. The largest absolute Gasteiger partial charge is 0.326 e.